The Balaban J connectivity index is 2.07. The highest BCUT2D eigenvalue weighted by Gasteiger charge is 2.26. The number of piperidine rings is 1. The van der Waals surface area contributed by atoms with Crippen LogP contribution in [-0.2, 0) is 4.79 Å². The van der Waals surface area contributed by atoms with Crippen molar-refractivity contribution < 1.29 is 14.3 Å². The van der Waals surface area contributed by atoms with Crippen molar-refractivity contribution in [3.8, 4) is 5.75 Å². The molecule has 4 nitrogen and oxygen atoms in total. The quantitative estimate of drug-likeness (QED) is 0.616. The van der Waals surface area contributed by atoms with Gasteiger partial charge in [-0.25, -0.2) is 0 Å². The Morgan fingerprint density at radius 1 is 1.10 bits per heavy atom. The molecule has 1 aromatic rings. The fourth-order valence-corrected chi connectivity index (χ4v) is 2.84. The predicted octanol–water partition coefficient (Wildman–Crippen LogP) is 2.73. The molecule has 0 aromatic heterocycles. The van der Waals surface area contributed by atoms with E-state index in [9.17, 15) is 9.59 Å². The van der Waals surface area contributed by atoms with Crippen LogP contribution in [0.15, 0.2) is 24.3 Å². The maximum atomic E-state index is 12.4. The summed E-state index contributed by atoms with van der Waals surface area (Å²) < 4.78 is 4.96. The third-order valence-corrected chi connectivity index (χ3v) is 3.52. The molecular formula is C16H21NO3. The van der Waals surface area contributed by atoms with Crippen LogP contribution in [0.4, 0.5) is 0 Å². The number of likely N-dealkylation sites (tertiary alicyclic amines) is 1. The number of hydrogen-bond acceptors (Lipinski definition) is 3. The van der Waals surface area contributed by atoms with Crippen LogP contribution in [0.25, 0.3) is 0 Å². The summed E-state index contributed by atoms with van der Waals surface area (Å²) in [5.41, 5.74) is 0.641. The molecule has 0 aliphatic carbocycles. The van der Waals surface area contributed by atoms with Crippen molar-refractivity contribution in [3.05, 3.63) is 29.8 Å². The molecule has 108 valence electrons. The third kappa shape index (κ3) is 3.59. The molecule has 0 radical (unpaired) electrons. The van der Waals surface area contributed by atoms with Crippen molar-refractivity contribution in [2.45, 2.75) is 27.2 Å². The van der Waals surface area contributed by atoms with Gasteiger partial charge in [-0.1, -0.05) is 13.8 Å². The second-order valence-electron chi connectivity index (χ2n) is 5.77. The normalized spacial score (nSPS) is 22.4. The van der Waals surface area contributed by atoms with Crippen molar-refractivity contribution in [1.82, 2.24) is 4.90 Å². The van der Waals surface area contributed by atoms with Crippen molar-refractivity contribution in [2.24, 2.45) is 11.8 Å². The monoisotopic (exact) mass is 275 g/mol. The molecule has 1 saturated heterocycles. The highest BCUT2D eigenvalue weighted by Crippen LogP contribution is 2.23. The van der Waals surface area contributed by atoms with Gasteiger partial charge in [-0.2, -0.15) is 0 Å². The SMILES string of the molecule is CC(=O)Oc1ccc(C(=O)N2C[C@H](C)C[C@@H](C)C2)cc1. The summed E-state index contributed by atoms with van der Waals surface area (Å²) >= 11 is 0. The number of carbonyl (C=O) groups is 2. The predicted molar refractivity (Wildman–Crippen MR) is 76.6 cm³/mol. The van der Waals surface area contributed by atoms with Crippen LogP contribution in [0.1, 0.15) is 37.6 Å². The van der Waals surface area contributed by atoms with Gasteiger partial charge in [-0.3, -0.25) is 9.59 Å². The highest BCUT2D eigenvalue weighted by atomic mass is 16.5. The van der Waals surface area contributed by atoms with Crippen molar-refractivity contribution >= 4 is 11.9 Å². The zero-order chi connectivity index (χ0) is 14.7. The Bertz CT molecular complexity index is 485. The number of ether oxygens (including phenoxy) is 1. The van der Waals surface area contributed by atoms with E-state index >= 15 is 0 Å². The van der Waals surface area contributed by atoms with Gasteiger partial charge in [0.25, 0.3) is 5.91 Å². The van der Waals surface area contributed by atoms with Crippen molar-refractivity contribution in [2.75, 3.05) is 13.1 Å². The smallest absolute Gasteiger partial charge is 0.308 e. The summed E-state index contributed by atoms with van der Waals surface area (Å²) in [4.78, 5) is 25.2. The zero-order valence-corrected chi connectivity index (χ0v) is 12.3. The first-order chi connectivity index (χ1) is 9.45. The van der Waals surface area contributed by atoms with Crippen molar-refractivity contribution in [1.29, 1.82) is 0 Å². The minimum absolute atomic E-state index is 0.0535. The van der Waals surface area contributed by atoms with Crippen LogP contribution in [-0.4, -0.2) is 29.9 Å². The molecular weight excluding hydrogens is 254 g/mol. The van der Waals surface area contributed by atoms with E-state index in [4.69, 9.17) is 4.74 Å². The molecule has 1 aromatic carbocycles. The largest absolute Gasteiger partial charge is 0.427 e. The Hall–Kier alpha value is -1.84. The average Bonchev–Trinajstić information content (AvgIpc) is 2.37. The Morgan fingerprint density at radius 3 is 2.15 bits per heavy atom. The van der Waals surface area contributed by atoms with Gasteiger partial charge in [0.2, 0.25) is 0 Å². The fraction of sp³-hybridized carbons (Fsp3) is 0.500. The molecule has 0 spiro atoms. The van der Waals surface area contributed by atoms with E-state index in [1.165, 1.54) is 13.3 Å². The molecule has 0 N–H and O–H groups in total. The lowest BCUT2D eigenvalue weighted by atomic mass is 9.91. The molecule has 1 aliphatic rings. The summed E-state index contributed by atoms with van der Waals surface area (Å²) in [5.74, 6) is 1.25. The van der Waals surface area contributed by atoms with Crippen LogP contribution >= 0.6 is 0 Å². The molecule has 2 atom stereocenters. The minimum Gasteiger partial charge on any atom is -0.427 e. The summed E-state index contributed by atoms with van der Waals surface area (Å²) in [6, 6.07) is 6.74. The van der Waals surface area contributed by atoms with E-state index in [-0.39, 0.29) is 11.9 Å². The first-order valence-electron chi connectivity index (χ1n) is 7.03. The van der Waals surface area contributed by atoms with Gasteiger partial charge in [-0.15, -0.1) is 0 Å². The summed E-state index contributed by atoms with van der Waals surface area (Å²) in [7, 11) is 0. The summed E-state index contributed by atoms with van der Waals surface area (Å²) in [6.45, 7) is 7.35. The fourth-order valence-electron chi connectivity index (χ4n) is 2.84. The number of amides is 1. The van der Waals surface area contributed by atoms with E-state index in [1.54, 1.807) is 24.3 Å². The molecule has 1 fully saturated rings. The van der Waals surface area contributed by atoms with Crippen LogP contribution in [0.5, 0.6) is 5.75 Å². The number of benzene rings is 1. The van der Waals surface area contributed by atoms with Gasteiger partial charge < -0.3 is 9.64 Å². The highest BCUT2D eigenvalue weighted by molar-refractivity contribution is 5.94. The standard InChI is InChI=1S/C16H21NO3/c1-11-8-12(2)10-17(9-11)16(19)14-4-6-15(7-5-14)20-13(3)18/h4-7,11-12H,8-10H2,1-3H3/t11-,12-/m1/s1. The number of esters is 1. The van der Waals surface area contributed by atoms with Gasteiger partial charge in [0.15, 0.2) is 0 Å². The van der Waals surface area contributed by atoms with Crippen LogP contribution < -0.4 is 4.74 Å². The number of rotatable bonds is 2. The van der Waals surface area contributed by atoms with Gasteiger partial charge >= 0.3 is 5.97 Å². The Kier molecular flexibility index (Phi) is 4.42. The molecule has 1 aliphatic heterocycles. The van der Waals surface area contributed by atoms with Crippen LogP contribution in [0.3, 0.4) is 0 Å². The van der Waals surface area contributed by atoms with Gasteiger partial charge in [0.1, 0.15) is 5.75 Å². The van der Waals surface area contributed by atoms with E-state index in [2.05, 4.69) is 13.8 Å². The Morgan fingerprint density at radius 2 is 1.65 bits per heavy atom. The van der Waals surface area contributed by atoms with E-state index < -0.39 is 0 Å². The Labute approximate surface area is 119 Å². The minimum atomic E-state index is -0.359. The van der Waals surface area contributed by atoms with Crippen LogP contribution in [0.2, 0.25) is 0 Å². The molecule has 1 heterocycles. The average molecular weight is 275 g/mol. The number of carbonyl (C=O) groups excluding carboxylic acids is 2. The number of hydrogen-bond donors (Lipinski definition) is 0. The molecule has 1 amide bonds. The summed E-state index contributed by atoms with van der Waals surface area (Å²) in [5, 5.41) is 0. The maximum absolute atomic E-state index is 12.4. The lowest BCUT2D eigenvalue weighted by Gasteiger charge is -2.35. The molecule has 20 heavy (non-hydrogen) atoms. The maximum Gasteiger partial charge on any atom is 0.308 e. The molecule has 0 saturated carbocycles. The van der Waals surface area contributed by atoms with Gasteiger partial charge in [0, 0.05) is 25.6 Å². The zero-order valence-electron chi connectivity index (χ0n) is 12.3. The van der Waals surface area contributed by atoms with Crippen LogP contribution in [0, 0.1) is 11.8 Å². The van der Waals surface area contributed by atoms with E-state index in [0.29, 0.717) is 23.1 Å². The third-order valence-electron chi connectivity index (χ3n) is 3.52. The second-order valence-corrected chi connectivity index (χ2v) is 5.77. The van der Waals surface area contributed by atoms with Gasteiger partial charge in [-0.05, 0) is 42.5 Å². The lowest BCUT2D eigenvalue weighted by Crippen LogP contribution is -2.42. The first kappa shape index (κ1) is 14.6. The topological polar surface area (TPSA) is 46.6 Å². The lowest BCUT2D eigenvalue weighted by molar-refractivity contribution is -0.131. The van der Waals surface area contributed by atoms with Gasteiger partial charge in [0.05, 0.1) is 0 Å². The molecule has 2 rings (SSSR count). The molecule has 0 unspecified atom stereocenters. The van der Waals surface area contributed by atoms with E-state index in [0.717, 1.165) is 13.1 Å². The van der Waals surface area contributed by atoms with E-state index in [1.807, 2.05) is 4.90 Å². The molecule has 4 heteroatoms. The number of nitrogens with zero attached hydrogens (tertiary/aromatic N) is 1. The second kappa shape index (κ2) is 6.07. The molecule has 0 bridgehead atoms. The van der Waals surface area contributed by atoms with Crippen molar-refractivity contribution in [3.63, 3.8) is 0 Å². The first-order valence-corrected chi connectivity index (χ1v) is 7.03. The summed E-state index contributed by atoms with van der Waals surface area (Å²) in [6.07, 6.45) is 1.18.